The maximum absolute atomic E-state index is 6.08. The van der Waals surface area contributed by atoms with Crippen molar-refractivity contribution in [1.82, 2.24) is 24.6 Å². The molecular formula is C28H32ClN7O. The highest BCUT2D eigenvalue weighted by molar-refractivity contribution is 6.30. The predicted octanol–water partition coefficient (Wildman–Crippen LogP) is 4.90. The Bertz CT molecular complexity index is 1380. The second-order valence-electron chi connectivity index (χ2n) is 9.77. The summed E-state index contributed by atoms with van der Waals surface area (Å²) < 4.78 is 7.55. The van der Waals surface area contributed by atoms with Crippen LogP contribution in [-0.2, 0) is 18.2 Å². The minimum absolute atomic E-state index is 0.675. The van der Waals surface area contributed by atoms with Gasteiger partial charge in [0.25, 0.3) is 0 Å². The zero-order valence-electron chi connectivity index (χ0n) is 21.2. The van der Waals surface area contributed by atoms with Gasteiger partial charge in [-0.25, -0.2) is 4.98 Å². The molecule has 37 heavy (non-hydrogen) atoms. The molecule has 0 unspecified atom stereocenters. The minimum atomic E-state index is 0.675. The van der Waals surface area contributed by atoms with E-state index in [1.165, 1.54) is 31.3 Å². The average molecular weight is 518 g/mol. The molecule has 192 valence electrons. The van der Waals surface area contributed by atoms with Crippen molar-refractivity contribution in [3.63, 3.8) is 0 Å². The van der Waals surface area contributed by atoms with Crippen LogP contribution in [0, 0.1) is 0 Å². The van der Waals surface area contributed by atoms with Gasteiger partial charge in [-0.05, 0) is 56.3 Å². The van der Waals surface area contributed by atoms with Gasteiger partial charge in [0.2, 0.25) is 5.95 Å². The Labute approximate surface area is 222 Å². The predicted molar refractivity (Wildman–Crippen MR) is 149 cm³/mol. The molecule has 2 aliphatic heterocycles. The van der Waals surface area contributed by atoms with E-state index >= 15 is 0 Å². The van der Waals surface area contributed by atoms with Crippen LogP contribution in [0.4, 0.5) is 17.5 Å². The van der Waals surface area contributed by atoms with Crippen molar-refractivity contribution in [1.29, 1.82) is 0 Å². The Morgan fingerprint density at radius 2 is 1.73 bits per heavy atom. The highest BCUT2D eigenvalue weighted by atomic mass is 35.5. The molecule has 0 atom stereocenters. The SMILES string of the molecule is Cn1nc(CCN2CCCC2)c2ccc(-c3cc(Nc4ccc(Cl)cc4)nc(N4CCOCC4)n3)cc21. The molecule has 0 bridgehead atoms. The van der Waals surface area contributed by atoms with Crippen LogP contribution < -0.4 is 10.2 Å². The number of fused-ring (bicyclic) bond motifs is 1. The van der Waals surface area contributed by atoms with Gasteiger partial charge in [0.15, 0.2) is 0 Å². The lowest BCUT2D eigenvalue weighted by Gasteiger charge is -2.27. The fourth-order valence-corrected chi connectivity index (χ4v) is 5.30. The Hall–Kier alpha value is -3.20. The summed E-state index contributed by atoms with van der Waals surface area (Å²) in [4.78, 5) is 14.5. The van der Waals surface area contributed by atoms with Crippen LogP contribution in [0.1, 0.15) is 18.5 Å². The first-order chi connectivity index (χ1) is 18.1. The van der Waals surface area contributed by atoms with Gasteiger partial charge in [-0.3, -0.25) is 4.68 Å². The van der Waals surface area contributed by atoms with E-state index in [1.54, 1.807) is 0 Å². The summed E-state index contributed by atoms with van der Waals surface area (Å²) in [5.74, 6) is 1.44. The molecule has 0 radical (unpaired) electrons. The molecule has 2 aliphatic rings. The molecule has 6 rings (SSSR count). The van der Waals surface area contributed by atoms with Crippen LogP contribution in [-0.4, -0.2) is 70.6 Å². The van der Waals surface area contributed by atoms with Crippen molar-refractivity contribution in [3.8, 4) is 11.3 Å². The number of ether oxygens (including phenoxy) is 1. The summed E-state index contributed by atoms with van der Waals surface area (Å²) >= 11 is 6.08. The molecule has 0 aliphatic carbocycles. The number of nitrogens with one attached hydrogen (secondary N) is 1. The fraction of sp³-hybridized carbons (Fsp3) is 0.393. The number of aryl methyl sites for hydroxylation is 1. The monoisotopic (exact) mass is 517 g/mol. The zero-order chi connectivity index (χ0) is 25.2. The van der Waals surface area contributed by atoms with Crippen molar-refractivity contribution in [2.24, 2.45) is 7.05 Å². The van der Waals surface area contributed by atoms with Crippen LogP contribution in [0.5, 0.6) is 0 Å². The number of likely N-dealkylation sites (tertiary alicyclic amines) is 1. The van der Waals surface area contributed by atoms with E-state index in [1.807, 2.05) is 42.1 Å². The number of rotatable bonds is 7. The van der Waals surface area contributed by atoms with Gasteiger partial charge >= 0.3 is 0 Å². The molecule has 0 spiro atoms. The topological polar surface area (TPSA) is 71.3 Å². The van der Waals surface area contributed by atoms with Crippen LogP contribution in [0.15, 0.2) is 48.5 Å². The van der Waals surface area contributed by atoms with Crippen LogP contribution in [0.25, 0.3) is 22.2 Å². The number of aromatic nitrogens is 4. The Balaban J connectivity index is 1.33. The largest absolute Gasteiger partial charge is 0.378 e. The molecule has 1 N–H and O–H groups in total. The Morgan fingerprint density at radius 3 is 2.51 bits per heavy atom. The molecule has 0 amide bonds. The van der Waals surface area contributed by atoms with Crippen molar-refractivity contribution < 1.29 is 4.74 Å². The van der Waals surface area contributed by atoms with E-state index in [9.17, 15) is 0 Å². The molecule has 2 aromatic heterocycles. The second kappa shape index (κ2) is 10.7. The Kier molecular flexibility index (Phi) is 6.95. The molecular weight excluding hydrogens is 486 g/mol. The van der Waals surface area contributed by atoms with Gasteiger partial charge in [-0.15, -0.1) is 0 Å². The minimum Gasteiger partial charge on any atom is -0.378 e. The molecule has 2 aromatic carbocycles. The molecule has 2 fully saturated rings. The lowest BCUT2D eigenvalue weighted by atomic mass is 10.1. The van der Waals surface area contributed by atoms with Crippen LogP contribution in [0.2, 0.25) is 5.02 Å². The fourth-order valence-electron chi connectivity index (χ4n) is 5.18. The molecule has 4 heterocycles. The molecule has 9 heteroatoms. The van der Waals surface area contributed by atoms with E-state index in [-0.39, 0.29) is 0 Å². The molecule has 0 saturated carbocycles. The molecule has 2 saturated heterocycles. The highest BCUT2D eigenvalue weighted by Gasteiger charge is 2.18. The standard InChI is InChI=1S/C28H32ClN7O/c1-34-26-18-20(4-9-23(26)24(33-34)10-13-35-11-2-3-12-35)25-19-27(30-22-7-5-21(29)6-8-22)32-28(31-25)36-14-16-37-17-15-36/h4-9,18-19H,2-3,10-17H2,1H3,(H,30,31,32). The number of benzene rings is 2. The summed E-state index contributed by atoms with van der Waals surface area (Å²) in [6, 6.07) is 16.2. The summed E-state index contributed by atoms with van der Waals surface area (Å²) in [6.45, 7) is 6.38. The van der Waals surface area contributed by atoms with Gasteiger partial charge in [-0.1, -0.05) is 23.7 Å². The third-order valence-electron chi connectivity index (χ3n) is 7.21. The van der Waals surface area contributed by atoms with Gasteiger partial charge < -0.3 is 19.9 Å². The first-order valence-electron chi connectivity index (χ1n) is 13.1. The lowest BCUT2D eigenvalue weighted by molar-refractivity contribution is 0.122. The van der Waals surface area contributed by atoms with E-state index in [4.69, 9.17) is 31.4 Å². The first kappa shape index (κ1) is 24.2. The Morgan fingerprint density at radius 1 is 0.946 bits per heavy atom. The van der Waals surface area contributed by atoms with Gasteiger partial charge in [0.05, 0.1) is 30.1 Å². The van der Waals surface area contributed by atoms with Gasteiger partial charge in [0, 0.05) is 60.8 Å². The normalized spacial score (nSPS) is 16.5. The van der Waals surface area contributed by atoms with E-state index in [2.05, 4.69) is 33.3 Å². The number of hydrogen-bond acceptors (Lipinski definition) is 7. The summed E-state index contributed by atoms with van der Waals surface area (Å²) in [7, 11) is 2.03. The number of nitrogens with zero attached hydrogens (tertiary/aromatic N) is 6. The third kappa shape index (κ3) is 5.42. The summed E-state index contributed by atoms with van der Waals surface area (Å²) in [6.07, 6.45) is 3.60. The maximum Gasteiger partial charge on any atom is 0.228 e. The van der Waals surface area contributed by atoms with E-state index in [0.717, 1.165) is 60.0 Å². The maximum atomic E-state index is 6.08. The molecule has 4 aromatic rings. The highest BCUT2D eigenvalue weighted by Crippen LogP contribution is 2.29. The van der Waals surface area contributed by atoms with Gasteiger partial charge in [0.1, 0.15) is 5.82 Å². The zero-order valence-corrected chi connectivity index (χ0v) is 21.9. The van der Waals surface area contributed by atoms with Crippen molar-refractivity contribution in [2.75, 3.05) is 56.2 Å². The summed E-state index contributed by atoms with van der Waals surface area (Å²) in [5.41, 5.74) is 5.12. The molecule has 8 nitrogen and oxygen atoms in total. The third-order valence-corrected chi connectivity index (χ3v) is 7.46. The van der Waals surface area contributed by atoms with Crippen LogP contribution in [0.3, 0.4) is 0 Å². The number of anilines is 3. The summed E-state index contributed by atoms with van der Waals surface area (Å²) in [5, 5.41) is 10.2. The quantitative estimate of drug-likeness (QED) is 0.374. The number of morpholine rings is 1. The average Bonchev–Trinajstić information content (AvgIpc) is 3.57. The smallest absolute Gasteiger partial charge is 0.228 e. The van der Waals surface area contributed by atoms with E-state index < -0.39 is 0 Å². The first-order valence-corrected chi connectivity index (χ1v) is 13.4. The van der Waals surface area contributed by atoms with Crippen molar-refractivity contribution >= 4 is 40.0 Å². The van der Waals surface area contributed by atoms with Crippen LogP contribution >= 0.6 is 11.6 Å². The van der Waals surface area contributed by atoms with Crippen molar-refractivity contribution in [2.45, 2.75) is 19.3 Å². The van der Waals surface area contributed by atoms with E-state index in [0.29, 0.717) is 24.2 Å². The number of hydrogen-bond donors (Lipinski definition) is 1. The lowest BCUT2D eigenvalue weighted by Crippen LogP contribution is -2.37. The van der Waals surface area contributed by atoms with Gasteiger partial charge in [-0.2, -0.15) is 10.1 Å². The second-order valence-corrected chi connectivity index (χ2v) is 10.2. The number of halogens is 1. The van der Waals surface area contributed by atoms with Crippen molar-refractivity contribution in [3.05, 3.63) is 59.2 Å².